The van der Waals surface area contributed by atoms with Crippen molar-refractivity contribution in [2.24, 2.45) is 5.73 Å². The molecule has 1 aliphatic rings. The van der Waals surface area contributed by atoms with E-state index in [9.17, 15) is 9.59 Å². The van der Waals surface area contributed by atoms with Crippen molar-refractivity contribution in [1.82, 2.24) is 15.1 Å². The fourth-order valence-corrected chi connectivity index (χ4v) is 2.81. The minimum absolute atomic E-state index is 0.0227. The van der Waals surface area contributed by atoms with Crippen molar-refractivity contribution < 1.29 is 14.3 Å². The number of nitrogens with two attached hydrogens (primary N) is 1. The van der Waals surface area contributed by atoms with Crippen molar-refractivity contribution >= 4 is 33.6 Å². The molecule has 1 saturated heterocycles. The van der Waals surface area contributed by atoms with Crippen LogP contribution in [0.25, 0.3) is 0 Å². The van der Waals surface area contributed by atoms with Gasteiger partial charge in [0.1, 0.15) is 10.2 Å². The molecule has 1 aliphatic heterocycles. The van der Waals surface area contributed by atoms with Gasteiger partial charge in [-0.2, -0.15) is 5.10 Å². The Bertz CT molecular complexity index is 561. The summed E-state index contributed by atoms with van der Waals surface area (Å²) in [7, 11) is 3.32. The molecule has 0 radical (unpaired) electrons. The summed E-state index contributed by atoms with van der Waals surface area (Å²) in [5.74, 6) is -0.0473. The molecule has 128 valence electrons. The molecule has 0 aromatic carbocycles. The van der Waals surface area contributed by atoms with Crippen LogP contribution < -0.4 is 11.1 Å². The lowest BCUT2D eigenvalue weighted by Gasteiger charge is -2.22. The van der Waals surface area contributed by atoms with E-state index in [2.05, 4.69) is 38.0 Å². The van der Waals surface area contributed by atoms with Crippen LogP contribution in [-0.4, -0.2) is 60.3 Å². The zero-order valence-corrected chi connectivity index (χ0v) is 14.9. The highest BCUT2D eigenvalue weighted by atomic mass is 79.9. The van der Waals surface area contributed by atoms with E-state index >= 15 is 0 Å². The first-order chi connectivity index (χ1) is 11.0. The molecule has 9 heteroatoms. The van der Waals surface area contributed by atoms with Crippen LogP contribution in [0.4, 0.5) is 5.82 Å². The summed E-state index contributed by atoms with van der Waals surface area (Å²) in [6, 6.07) is 0.264. The van der Waals surface area contributed by atoms with Gasteiger partial charge in [0.05, 0.1) is 12.6 Å². The maximum Gasteiger partial charge on any atom is 0.255 e. The predicted molar refractivity (Wildman–Crippen MR) is 91.2 cm³/mol. The molecule has 2 rings (SSSR count). The quantitative estimate of drug-likeness (QED) is 0.655. The lowest BCUT2D eigenvalue weighted by molar-refractivity contribution is -0.127. The maximum absolute atomic E-state index is 11.3. The zero-order valence-electron chi connectivity index (χ0n) is 13.3. The van der Waals surface area contributed by atoms with Gasteiger partial charge in [-0.1, -0.05) is 6.58 Å². The third-order valence-corrected chi connectivity index (χ3v) is 3.97. The van der Waals surface area contributed by atoms with Gasteiger partial charge in [0.2, 0.25) is 5.91 Å². The molecule has 0 bridgehead atoms. The summed E-state index contributed by atoms with van der Waals surface area (Å²) in [5, 5.41) is 9.07. The first-order valence-electron chi connectivity index (χ1n) is 7.09. The Labute approximate surface area is 143 Å². The number of hydrogen-bond acceptors (Lipinski definition) is 5. The van der Waals surface area contributed by atoms with Crippen molar-refractivity contribution in [3.05, 3.63) is 22.8 Å². The molecule has 23 heavy (non-hydrogen) atoms. The van der Waals surface area contributed by atoms with Crippen LogP contribution in [0.3, 0.4) is 0 Å². The largest absolute Gasteiger partial charge is 0.383 e. The van der Waals surface area contributed by atoms with Crippen LogP contribution >= 0.6 is 15.9 Å². The van der Waals surface area contributed by atoms with E-state index in [1.165, 1.54) is 6.08 Å². The summed E-state index contributed by atoms with van der Waals surface area (Å²) in [6.07, 6.45) is 3.50. The lowest BCUT2D eigenvalue weighted by Crippen LogP contribution is -2.36. The predicted octanol–water partition coefficient (Wildman–Crippen LogP) is 1.12. The number of H-pyrrole nitrogens is 1. The summed E-state index contributed by atoms with van der Waals surface area (Å²) >= 11 is 3.10. The number of rotatable bonds is 5. The number of ether oxygens (including phenoxy) is 1. The highest BCUT2D eigenvalue weighted by molar-refractivity contribution is 9.10. The number of aromatic amines is 1. The van der Waals surface area contributed by atoms with Crippen LogP contribution in [-0.2, 0) is 9.53 Å². The second-order valence-corrected chi connectivity index (χ2v) is 5.66. The monoisotopic (exact) mass is 387 g/mol. The number of anilines is 1. The second-order valence-electron chi connectivity index (χ2n) is 4.86. The summed E-state index contributed by atoms with van der Waals surface area (Å²) < 4.78 is 5.52. The van der Waals surface area contributed by atoms with E-state index < -0.39 is 5.91 Å². The van der Waals surface area contributed by atoms with Gasteiger partial charge >= 0.3 is 0 Å². The Balaban J connectivity index is 0.000000231. The van der Waals surface area contributed by atoms with Gasteiger partial charge in [0, 0.05) is 20.7 Å². The van der Waals surface area contributed by atoms with Crippen molar-refractivity contribution in [1.29, 1.82) is 0 Å². The van der Waals surface area contributed by atoms with Crippen LogP contribution in [0.2, 0.25) is 0 Å². The van der Waals surface area contributed by atoms with Crippen molar-refractivity contribution in [2.45, 2.75) is 18.9 Å². The third-order valence-electron chi connectivity index (χ3n) is 3.40. The molecule has 4 N–H and O–H groups in total. The Hall–Kier alpha value is -1.87. The molecular formula is C14H22BrN5O3. The van der Waals surface area contributed by atoms with E-state index in [-0.39, 0.29) is 11.9 Å². The number of carbonyl (C=O) groups excluding carboxylic acids is 2. The fourth-order valence-electron chi connectivity index (χ4n) is 2.34. The van der Waals surface area contributed by atoms with Crippen molar-refractivity contribution in [2.75, 3.05) is 32.6 Å². The first-order valence-corrected chi connectivity index (χ1v) is 7.88. The topological polar surface area (TPSA) is 113 Å². The highest BCUT2D eigenvalue weighted by Gasteiger charge is 2.26. The van der Waals surface area contributed by atoms with Gasteiger partial charge in [-0.15, -0.1) is 0 Å². The minimum atomic E-state index is -0.519. The van der Waals surface area contributed by atoms with Gasteiger partial charge < -0.3 is 20.7 Å². The third kappa shape index (κ3) is 5.07. The summed E-state index contributed by atoms with van der Waals surface area (Å²) in [5.41, 5.74) is 5.41. The van der Waals surface area contributed by atoms with E-state index in [0.717, 1.165) is 19.4 Å². The number of hydrogen-bond donors (Lipinski definition) is 3. The number of aromatic nitrogens is 2. The molecular weight excluding hydrogens is 366 g/mol. The highest BCUT2D eigenvalue weighted by Crippen LogP contribution is 2.20. The molecule has 1 aromatic rings. The molecule has 1 aromatic heterocycles. The molecule has 1 fully saturated rings. The molecule has 0 spiro atoms. The Kier molecular flexibility index (Phi) is 7.76. The van der Waals surface area contributed by atoms with Crippen LogP contribution in [0, 0.1) is 0 Å². The molecule has 8 nitrogen and oxygen atoms in total. The molecule has 0 saturated carbocycles. The number of nitrogens with zero attached hydrogens (tertiary/aromatic N) is 2. The van der Waals surface area contributed by atoms with Crippen molar-refractivity contribution in [3.8, 4) is 0 Å². The Morgan fingerprint density at radius 1 is 1.65 bits per heavy atom. The summed E-state index contributed by atoms with van der Waals surface area (Å²) in [4.78, 5) is 23.8. The minimum Gasteiger partial charge on any atom is -0.383 e. The Morgan fingerprint density at radius 2 is 2.35 bits per heavy atom. The first kappa shape index (κ1) is 19.2. The standard InChI is InChI=1S/C9H15NO2.C5H7BrN4O/c1-3-9(11)10-6-4-5-8(10)7-12-2;1-8-5-2(4(7)11)3(6)9-10-5/h3,8H,1,4-7H2,2H3;1H3,(H2,7,11)(H2,8,9,10). The van der Waals surface area contributed by atoms with Crippen molar-refractivity contribution in [3.63, 3.8) is 0 Å². The number of carbonyl (C=O) groups is 2. The number of amides is 2. The fraction of sp³-hybridized carbons (Fsp3) is 0.500. The number of nitrogens with one attached hydrogen (secondary N) is 2. The average Bonchev–Trinajstić information content (AvgIpc) is 3.13. The smallest absolute Gasteiger partial charge is 0.255 e. The average molecular weight is 388 g/mol. The SMILES string of the molecule is C=CC(=O)N1CCCC1COC.CNc1n[nH]c(Br)c1C(N)=O. The number of halogens is 1. The molecule has 2 heterocycles. The Morgan fingerprint density at radius 3 is 2.83 bits per heavy atom. The zero-order chi connectivity index (χ0) is 17.4. The second kappa shape index (κ2) is 9.31. The van der Waals surface area contributed by atoms with E-state index in [4.69, 9.17) is 10.5 Å². The molecule has 1 atom stereocenters. The number of likely N-dealkylation sites (tertiary alicyclic amines) is 1. The molecule has 2 amide bonds. The lowest BCUT2D eigenvalue weighted by atomic mass is 10.2. The van der Waals surface area contributed by atoms with Crippen LogP contribution in [0.15, 0.2) is 17.3 Å². The maximum atomic E-state index is 11.3. The van der Waals surface area contributed by atoms with E-state index in [1.807, 2.05) is 4.90 Å². The van der Waals surface area contributed by atoms with Crippen LogP contribution in [0.5, 0.6) is 0 Å². The van der Waals surface area contributed by atoms with Gasteiger partial charge in [-0.3, -0.25) is 14.7 Å². The normalized spacial score (nSPS) is 16.5. The van der Waals surface area contributed by atoms with E-state index in [1.54, 1.807) is 14.2 Å². The molecule has 1 unspecified atom stereocenters. The van der Waals surface area contributed by atoms with Gasteiger partial charge in [0.15, 0.2) is 5.82 Å². The van der Waals surface area contributed by atoms with Gasteiger partial charge in [0.25, 0.3) is 5.91 Å². The van der Waals surface area contributed by atoms with Gasteiger partial charge in [-0.25, -0.2) is 0 Å². The van der Waals surface area contributed by atoms with Gasteiger partial charge in [-0.05, 0) is 34.8 Å². The number of methoxy groups -OCH3 is 1. The van der Waals surface area contributed by atoms with Crippen LogP contribution in [0.1, 0.15) is 23.2 Å². The molecule has 0 aliphatic carbocycles. The summed E-state index contributed by atoms with van der Waals surface area (Å²) in [6.45, 7) is 4.95. The van der Waals surface area contributed by atoms with E-state index in [0.29, 0.717) is 22.6 Å². The number of primary amides is 1.